The largest absolute Gasteiger partial charge is 0.497 e. The van der Waals surface area contributed by atoms with Crippen LogP contribution in [0.15, 0.2) is 48.5 Å². The lowest BCUT2D eigenvalue weighted by molar-refractivity contribution is -0.210. The molecule has 0 spiro atoms. The first-order valence-electron chi connectivity index (χ1n) is 9.69. The second kappa shape index (κ2) is 7.78. The van der Waals surface area contributed by atoms with E-state index in [4.69, 9.17) is 15.0 Å². The van der Waals surface area contributed by atoms with E-state index in [9.17, 15) is 9.18 Å². The molecule has 2 fully saturated rings. The average molecular weight is 396 g/mol. The van der Waals surface area contributed by atoms with Crippen molar-refractivity contribution in [3.05, 3.63) is 65.5 Å². The summed E-state index contributed by atoms with van der Waals surface area (Å²) in [7, 11) is 1.56. The number of hydrogen-bond donors (Lipinski definition) is 1. The molecule has 2 heterocycles. The second-order valence-corrected chi connectivity index (χ2v) is 7.46. The van der Waals surface area contributed by atoms with E-state index in [1.54, 1.807) is 43.5 Å². The standard InChI is InChI=1S/C22H23FN3O3/c1-28-18-11-5-15(6-12-18)20(25-24)21(27)29-22(16-7-9-17(23)10-8-16)14-26-13-3-2-4-19(22)26/h5-12,19,24H,2-4,13-14H2,1H3/q+1/t19-,22+/m0/s1. The first-order valence-corrected chi connectivity index (χ1v) is 9.69. The number of carbonyl (C=O) groups is 1. The summed E-state index contributed by atoms with van der Waals surface area (Å²) in [6.07, 6.45) is 3.08. The quantitative estimate of drug-likeness (QED) is 0.365. The molecule has 0 amide bonds. The zero-order valence-corrected chi connectivity index (χ0v) is 16.2. The van der Waals surface area contributed by atoms with Crippen LogP contribution in [0.1, 0.15) is 30.4 Å². The molecular formula is C22H23FN3O3+. The molecule has 150 valence electrons. The number of nitrogens with zero attached hydrogens (tertiary/aromatic N) is 2. The van der Waals surface area contributed by atoms with Crippen LogP contribution >= 0.6 is 0 Å². The minimum Gasteiger partial charge on any atom is -0.497 e. The third kappa shape index (κ3) is 3.43. The van der Waals surface area contributed by atoms with Crippen LogP contribution in [0.4, 0.5) is 4.39 Å². The first-order chi connectivity index (χ1) is 14.1. The molecule has 0 unspecified atom stereocenters. The predicted molar refractivity (Wildman–Crippen MR) is 103 cm³/mol. The van der Waals surface area contributed by atoms with Gasteiger partial charge in [0.05, 0.1) is 29.0 Å². The highest BCUT2D eigenvalue weighted by Crippen LogP contribution is 2.46. The lowest BCUT2D eigenvalue weighted by Crippen LogP contribution is -2.70. The van der Waals surface area contributed by atoms with Crippen LogP contribution in [0, 0.1) is 11.3 Å². The van der Waals surface area contributed by atoms with Gasteiger partial charge < -0.3 is 9.47 Å². The molecule has 2 aliphatic heterocycles. The van der Waals surface area contributed by atoms with E-state index in [1.807, 2.05) is 0 Å². The van der Waals surface area contributed by atoms with Gasteiger partial charge in [-0.15, -0.1) is 0 Å². The molecule has 2 aromatic carbocycles. The number of hydrogen-bond acceptors (Lipinski definition) is 5. The first kappa shape index (κ1) is 19.3. The molecule has 7 heteroatoms. The SMILES string of the molecule is COc1ccc(C(=[N+]=N)C(=O)O[C@@]2(c3ccc(F)cc3)CN3CCCC[C@H]32)cc1. The summed E-state index contributed by atoms with van der Waals surface area (Å²) in [5.74, 6) is -0.340. The molecule has 0 bridgehead atoms. The summed E-state index contributed by atoms with van der Waals surface area (Å²) < 4.78 is 24.7. The minimum absolute atomic E-state index is 0.0495. The van der Waals surface area contributed by atoms with Crippen molar-refractivity contribution in [3.8, 4) is 5.75 Å². The minimum atomic E-state index is -0.854. The van der Waals surface area contributed by atoms with E-state index in [-0.39, 0.29) is 17.6 Å². The number of benzene rings is 2. The molecule has 0 aliphatic carbocycles. The van der Waals surface area contributed by atoms with Gasteiger partial charge in [-0.25, -0.2) is 9.18 Å². The maximum atomic E-state index is 13.5. The van der Waals surface area contributed by atoms with Gasteiger partial charge in [-0.1, -0.05) is 18.6 Å². The molecular weight excluding hydrogens is 373 g/mol. The van der Waals surface area contributed by atoms with Crippen LogP contribution in [0.3, 0.4) is 0 Å². The Morgan fingerprint density at radius 1 is 1.17 bits per heavy atom. The van der Waals surface area contributed by atoms with Crippen LogP contribution in [-0.2, 0) is 15.1 Å². The summed E-state index contributed by atoms with van der Waals surface area (Å²) in [6.45, 7) is 1.52. The van der Waals surface area contributed by atoms with Gasteiger partial charge in [0.25, 0.3) is 0 Å². The fourth-order valence-electron chi connectivity index (χ4n) is 4.37. The van der Waals surface area contributed by atoms with Gasteiger partial charge in [0.15, 0.2) is 5.60 Å². The van der Waals surface area contributed by atoms with Crippen molar-refractivity contribution in [2.24, 2.45) is 0 Å². The fraction of sp³-hybridized carbons (Fsp3) is 0.364. The number of carbonyl (C=O) groups excluding carboxylic acids is 1. The van der Waals surface area contributed by atoms with Crippen LogP contribution < -0.4 is 4.74 Å². The summed E-state index contributed by atoms with van der Waals surface area (Å²) in [5.41, 5.74) is 7.86. The van der Waals surface area contributed by atoms with Crippen molar-refractivity contribution >= 4 is 11.7 Å². The number of nitrogens with one attached hydrogen (secondary N) is 1. The lowest BCUT2D eigenvalue weighted by Gasteiger charge is -2.58. The summed E-state index contributed by atoms with van der Waals surface area (Å²) in [6, 6.07) is 12.9. The Bertz CT molecular complexity index is 954. The number of halogens is 1. The van der Waals surface area contributed by atoms with Crippen molar-refractivity contribution in [1.82, 2.24) is 4.90 Å². The highest BCUT2D eigenvalue weighted by molar-refractivity contribution is 6.40. The molecule has 2 aromatic rings. The highest BCUT2D eigenvalue weighted by Gasteiger charge is 2.58. The van der Waals surface area contributed by atoms with Crippen molar-refractivity contribution in [2.75, 3.05) is 20.2 Å². The number of methoxy groups -OCH3 is 1. The lowest BCUT2D eigenvalue weighted by atomic mass is 9.73. The van der Waals surface area contributed by atoms with Crippen molar-refractivity contribution in [1.29, 1.82) is 5.53 Å². The Morgan fingerprint density at radius 2 is 1.90 bits per heavy atom. The Balaban J connectivity index is 1.64. The Labute approximate surface area is 168 Å². The number of rotatable bonds is 5. The summed E-state index contributed by atoms with van der Waals surface area (Å²) in [5, 5.41) is 0. The van der Waals surface area contributed by atoms with Gasteiger partial charge in [-0.05, 0) is 61.3 Å². The molecule has 0 aromatic heterocycles. The highest BCUT2D eigenvalue weighted by atomic mass is 19.1. The molecule has 4 rings (SSSR count). The van der Waals surface area contributed by atoms with E-state index in [1.165, 1.54) is 12.1 Å². The number of ether oxygens (including phenoxy) is 2. The van der Waals surface area contributed by atoms with Crippen molar-refractivity contribution < 1.29 is 23.4 Å². The Kier molecular flexibility index (Phi) is 5.18. The Hall–Kier alpha value is -3.02. The molecule has 1 N–H and O–H groups in total. The number of piperidine rings is 1. The topological polar surface area (TPSA) is 76.7 Å². The Morgan fingerprint density at radius 3 is 2.52 bits per heavy atom. The van der Waals surface area contributed by atoms with E-state index >= 15 is 0 Å². The van der Waals surface area contributed by atoms with Crippen LogP contribution in [-0.4, -0.2) is 47.6 Å². The van der Waals surface area contributed by atoms with Gasteiger partial charge in [0.1, 0.15) is 11.6 Å². The predicted octanol–water partition coefficient (Wildman–Crippen LogP) is 3.17. The molecule has 2 aliphatic rings. The average Bonchev–Trinajstić information content (AvgIpc) is 2.73. The fourth-order valence-corrected chi connectivity index (χ4v) is 4.37. The maximum Gasteiger partial charge on any atom is 0.455 e. The van der Waals surface area contributed by atoms with Crippen LogP contribution in [0.5, 0.6) is 5.75 Å². The number of esters is 1. The number of fused-ring (bicyclic) bond motifs is 1. The molecule has 29 heavy (non-hydrogen) atoms. The molecule has 0 saturated carbocycles. The van der Waals surface area contributed by atoms with Gasteiger partial charge in [-0.3, -0.25) is 4.90 Å². The summed E-state index contributed by atoms with van der Waals surface area (Å²) in [4.78, 5) is 18.8. The molecule has 2 atom stereocenters. The molecule has 0 radical (unpaired) electrons. The van der Waals surface area contributed by atoms with Gasteiger partial charge >= 0.3 is 11.7 Å². The van der Waals surface area contributed by atoms with E-state index < -0.39 is 11.6 Å². The second-order valence-electron chi connectivity index (χ2n) is 7.46. The normalized spacial score (nSPS) is 23.3. The smallest absolute Gasteiger partial charge is 0.455 e. The van der Waals surface area contributed by atoms with Gasteiger partial charge in [-0.2, -0.15) is 0 Å². The van der Waals surface area contributed by atoms with Gasteiger partial charge in [0.2, 0.25) is 0 Å². The molecule has 2 saturated heterocycles. The maximum absolute atomic E-state index is 13.5. The van der Waals surface area contributed by atoms with Crippen LogP contribution in [0.25, 0.3) is 0 Å². The van der Waals surface area contributed by atoms with Gasteiger partial charge in [0, 0.05) is 6.54 Å². The summed E-state index contributed by atoms with van der Waals surface area (Å²) >= 11 is 0. The third-order valence-corrected chi connectivity index (χ3v) is 5.87. The van der Waals surface area contributed by atoms with E-state index in [2.05, 4.69) is 9.69 Å². The third-order valence-electron chi connectivity index (χ3n) is 5.87. The van der Waals surface area contributed by atoms with Crippen LogP contribution in [0.2, 0.25) is 0 Å². The van der Waals surface area contributed by atoms with Crippen molar-refractivity contribution in [2.45, 2.75) is 30.9 Å². The molecule has 6 nitrogen and oxygen atoms in total. The zero-order chi connectivity index (χ0) is 20.4. The van der Waals surface area contributed by atoms with Crippen molar-refractivity contribution in [3.63, 3.8) is 0 Å². The monoisotopic (exact) mass is 396 g/mol. The van der Waals surface area contributed by atoms with E-state index in [0.29, 0.717) is 17.9 Å². The zero-order valence-electron chi connectivity index (χ0n) is 16.2. The van der Waals surface area contributed by atoms with E-state index in [0.717, 1.165) is 31.4 Å².